The molecule has 6 rings (SSSR count). The van der Waals surface area contributed by atoms with Crippen molar-refractivity contribution >= 4 is 20.2 Å². The van der Waals surface area contributed by atoms with Crippen LogP contribution in [0.25, 0.3) is 0 Å². The highest BCUT2D eigenvalue weighted by Gasteiger charge is 2.63. The van der Waals surface area contributed by atoms with Crippen LogP contribution < -0.4 is 4.74 Å². The predicted molar refractivity (Wildman–Crippen MR) is 174 cm³/mol. The Bertz CT molecular complexity index is 1780. The van der Waals surface area contributed by atoms with Gasteiger partial charge in [0.15, 0.2) is 0 Å². The van der Waals surface area contributed by atoms with Crippen LogP contribution in [0.2, 0.25) is 0 Å². The molecule has 1 saturated heterocycles. The van der Waals surface area contributed by atoms with Crippen LogP contribution in [0.15, 0.2) is 88.7 Å². The molecule has 1 saturated carbocycles. The number of aliphatic hydroxyl groups excluding tert-OH is 1. The van der Waals surface area contributed by atoms with Gasteiger partial charge < -0.3 is 14.7 Å². The summed E-state index contributed by atoms with van der Waals surface area (Å²) in [5, 5.41) is 12.3. The summed E-state index contributed by atoms with van der Waals surface area (Å²) in [4.78, 5) is 2.23. The third kappa shape index (κ3) is 5.50. The number of likely N-dealkylation sites (N-methyl/N-ethyl adjacent to an activating group) is 1. The number of aliphatic hydroxyl groups is 1. The summed E-state index contributed by atoms with van der Waals surface area (Å²) in [7, 11) is -4.83. The Hall–Kier alpha value is -3.06. The molecule has 1 heterocycles. The van der Waals surface area contributed by atoms with Crippen LogP contribution in [-0.4, -0.2) is 72.9 Å². The summed E-state index contributed by atoms with van der Waals surface area (Å²) < 4.78 is 70.7. The Morgan fingerprint density at radius 1 is 0.891 bits per heavy atom. The van der Waals surface area contributed by atoms with Gasteiger partial charge in [0.2, 0.25) is 0 Å². The number of hydrogen-bond acceptors (Lipinski definition) is 9. The zero-order valence-electron chi connectivity index (χ0n) is 26.6. The van der Waals surface area contributed by atoms with Gasteiger partial charge in [-0.25, -0.2) is 0 Å². The summed E-state index contributed by atoms with van der Waals surface area (Å²) >= 11 is 0. The first-order chi connectivity index (χ1) is 21.7. The topological polar surface area (TPSA) is 119 Å². The van der Waals surface area contributed by atoms with E-state index in [0.29, 0.717) is 17.7 Å². The van der Waals surface area contributed by atoms with Gasteiger partial charge in [-0.2, -0.15) is 16.8 Å². The number of aryl methyl sites for hydroxylation is 2. The number of ether oxygens (including phenoxy) is 1. The molecule has 0 radical (unpaired) electrons. The highest BCUT2D eigenvalue weighted by atomic mass is 32.2. The number of benzene rings is 3. The highest BCUT2D eigenvalue weighted by Crippen LogP contribution is 2.62. The van der Waals surface area contributed by atoms with Gasteiger partial charge in [0.1, 0.15) is 5.75 Å². The molecule has 0 spiro atoms. The molecular formula is C35H41NO8S2. The summed E-state index contributed by atoms with van der Waals surface area (Å²) in [5.74, 6) is 0.557. The van der Waals surface area contributed by atoms with E-state index in [2.05, 4.69) is 24.6 Å². The second-order valence-electron chi connectivity index (χ2n) is 13.2. The van der Waals surface area contributed by atoms with Gasteiger partial charge in [-0.05, 0) is 106 Å². The van der Waals surface area contributed by atoms with Crippen LogP contribution in [-0.2, 0) is 40.4 Å². The normalized spacial score (nSPS) is 25.8. The van der Waals surface area contributed by atoms with Crippen molar-refractivity contribution in [3.8, 4) is 5.75 Å². The monoisotopic (exact) mass is 667 g/mol. The Kier molecular flexibility index (Phi) is 8.48. The fraction of sp³-hybridized carbons (Fsp3) is 0.429. The summed E-state index contributed by atoms with van der Waals surface area (Å²) in [6.45, 7) is 7.95. The van der Waals surface area contributed by atoms with E-state index in [1.807, 2.05) is 26.0 Å². The molecule has 1 aliphatic heterocycles. The lowest BCUT2D eigenvalue weighted by Gasteiger charge is -2.63. The van der Waals surface area contributed by atoms with E-state index in [0.717, 1.165) is 35.2 Å². The number of piperidine rings is 1. The maximum Gasteiger partial charge on any atom is 0.296 e. The third-order valence-electron chi connectivity index (χ3n) is 10.5. The van der Waals surface area contributed by atoms with Crippen molar-refractivity contribution in [2.75, 3.05) is 33.9 Å². The minimum atomic E-state index is -4.26. The minimum absolute atomic E-state index is 0.0284. The van der Waals surface area contributed by atoms with Crippen molar-refractivity contribution in [1.82, 2.24) is 4.90 Å². The fourth-order valence-electron chi connectivity index (χ4n) is 7.77. The van der Waals surface area contributed by atoms with E-state index >= 15 is 0 Å². The van der Waals surface area contributed by atoms with E-state index in [-0.39, 0.29) is 28.2 Å². The molecule has 3 aromatic rings. The lowest BCUT2D eigenvalue weighted by atomic mass is 9.46. The molecule has 3 aromatic carbocycles. The molecule has 3 unspecified atom stereocenters. The lowest BCUT2D eigenvalue weighted by molar-refractivity contribution is -0.102. The zero-order valence-corrected chi connectivity index (χ0v) is 28.2. The first-order valence-corrected chi connectivity index (χ1v) is 18.2. The Morgan fingerprint density at radius 3 is 1.96 bits per heavy atom. The van der Waals surface area contributed by atoms with Gasteiger partial charge in [-0.15, -0.1) is 0 Å². The van der Waals surface area contributed by atoms with Crippen molar-refractivity contribution < 1.29 is 35.0 Å². The van der Waals surface area contributed by atoms with Crippen LogP contribution in [0, 0.1) is 25.2 Å². The average Bonchev–Trinajstić information content (AvgIpc) is 3.03. The van der Waals surface area contributed by atoms with Crippen molar-refractivity contribution in [3.63, 3.8) is 0 Å². The van der Waals surface area contributed by atoms with Gasteiger partial charge in [0, 0.05) is 11.5 Å². The number of hydrogen-bond donors (Lipinski definition) is 1. The molecule has 2 fully saturated rings. The number of nitrogens with zero attached hydrogens (tertiary/aromatic N) is 1. The van der Waals surface area contributed by atoms with E-state index < -0.39 is 50.4 Å². The van der Waals surface area contributed by atoms with Crippen molar-refractivity contribution in [1.29, 1.82) is 0 Å². The number of fused-ring (bicyclic) bond motifs is 1. The third-order valence-corrected chi connectivity index (χ3v) is 13.0. The molecule has 246 valence electrons. The largest absolute Gasteiger partial charge is 0.497 e. The molecule has 2 aliphatic carbocycles. The molecule has 3 aliphatic rings. The van der Waals surface area contributed by atoms with Crippen LogP contribution in [0.1, 0.15) is 35.1 Å². The smallest absolute Gasteiger partial charge is 0.296 e. The SMILES string of the molecule is C=C1[C@H](O)C(COS(=O)(=O)c2ccc(C)cc2)(COS(=O)(=O)c2ccc(C)cc2)CC2C3Cc4ccc(OC)cc4C12CCN3C. The molecule has 9 nitrogen and oxygen atoms in total. The highest BCUT2D eigenvalue weighted by molar-refractivity contribution is 7.87. The molecule has 1 N–H and O–H groups in total. The predicted octanol–water partition coefficient (Wildman–Crippen LogP) is 4.54. The molecule has 11 heteroatoms. The first kappa shape index (κ1) is 32.9. The molecule has 46 heavy (non-hydrogen) atoms. The maximum absolute atomic E-state index is 13.4. The quantitative estimate of drug-likeness (QED) is 0.259. The molecular weight excluding hydrogens is 627 g/mol. The fourth-order valence-corrected chi connectivity index (χ4v) is 9.76. The second-order valence-corrected chi connectivity index (χ2v) is 16.4. The van der Waals surface area contributed by atoms with E-state index in [1.165, 1.54) is 24.3 Å². The molecule has 0 aromatic heterocycles. The average molecular weight is 668 g/mol. The second kappa shape index (κ2) is 11.9. The zero-order chi connectivity index (χ0) is 33.1. The van der Waals surface area contributed by atoms with Gasteiger partial charge in [0.05, 0.1) is 41.6 Å². The number of rotatable bonds is 9. The van der Waals surface area contributed by atoms with Gasteiger partial charge in [0.25, 0.3) is 20.2 Å². The van der Waals surface area contributed by atoms with Crippen molar-refractivity contribution in [3.05, 3.63) is 101 Å². The van der Waals surface area contributed by atoms with Crippen molar-refractivity contribution in [2.45, 2.75) is 60.5 Å². The molecule has 0 amide bonds. The molecule has 2 bridgehead atoms. The van der Waals surface area contributed by atoms with Gasteiger partial charge in [-0.1, -0.05) is 48.0 Å². The number of methoxy groups -OCH3 is 1. The van der Waals surface area contributed by atoms with Gasteiger partial charge >= 0.3 is 0 Å². The van der Waals surface area contributed by atoms with Crippen LogP contribution >= 0.6 is 0 Å². The van der Waals surface area contributed by atoms with Crippen molar-refractivity contribution in [2.24, 2.45) is 11.3 Å². The first-order valence-electron chi connectivity index (χ1n) is 15.4. The van der Waals surface area contributed by atoms with Crippen LogP contribution in [0.5, 0.6) is 5.75 Å². The number of likely N-dealkylation sites (tertiary alicyclic amines) is 1. The van der Waals surface area contributed by atoms with Crippen LogP contribution in [0.4, 0.5) is 0 Å². The van der Waals surface area contributed by atoms with E-state index in [9.17, 15) is 21.9 Å². The van der Waals surface area contributed by atoms with E-state index in [1.54, 1.807) is 31.4 Å². The summed E-state index contributed by atoms with van der Waals surface area (Å²) in [6, 6.07) is 18.6. The molecule has 4 atom stereocenters. The maximum atomic E-state index is 13.4. The minimum Gasteiger partial charge on any atom is -0.497 e. The summed E-state index contributed by atoms with van der Waals surface area (Å²) in [6.07, 6.45) is 0.312. The van der Waals surface area contributed by atoms with Gasteiger partial charge in [-0.3, -0.25) is 8.37 Å². The Balaban J connectivity index is 1.42. The lowest BCUT2D eigenvalue weighted by Crippen LogP contribution is -2.67. The Morgan fingerprint density at radius 2 is 1.43 bits per heavy atom. The summed E-state index contributed by atoms with van der Waals surface area (Å²) in [5.41, 5.74) is 2.38. The Labute approximate surface area is 272 Å². The van der Waals surface area contributed by atoms with E-state index in [4.69, 9.17) is 13.1 Å². The standard InChI is InChI=1S/C35H41NO8S2/c1-23-6-12-28(13-7-23)45(38,39)43-21-34(22-44-46(40,41)29-14-8-24(2)9-15-29)20-31-32-18-26-10-11-27(42-5)19-30(26)35(31,16-17-36(32)4)25(3)33(34)37/h6-15,19,31-33,37H,3,16-18,20-22H2,1-2,4-5H3/t31?,32?,33-,35?/m0/s1. The van der Waals surface area contributed by atoms with Crippen LogP contribution in [0.3, 0.4) is 0 Å².